The third-order valence-electron chi connectivity index (χ3n) is 3.78. The van der Waals surface area contributed by atoms with Crippen LogP contribution in [0.15, 0.2) is 6.20 Å². The lowest BCUT2D eigenvalue weighted by Crippen LogP contribution is -2.03. The van der Waals surface area contributed by atoms with Crippen molar-refractivity contribution in [1.82, 2.24) is 14.5 Å². The van der Waals surface area contributed by atoms with Gasteiger partial charge in [-0.25, -0.2) is 4.98 Å². The SMILES string of the molecule is Cc1ncc2nc(C)n(CCCCCS(C)=O)c2c1C. The second-order valence-electron chi connectivity index (χ2n) is 5.35. The topological polar surface area (TPSA) is 47.8 Å². The normalized spacial score (nSPS) is 13.0. The molecule has 0 radical (unpaired) electrons. The van der Waals surface area contributed by atoms with Crippen LogP contribution in [0.2, 0.25) is 0 Å². The average molecular weight is 293 g/mol. The minimum atomic E-state index is -0.667. The fraction of sp³-hybridized carbons (Fsp3) is 0.600. The van der Waals surface area contributed by atoms with E-state index in [2.05, 4.69) is 28.4 Å². The number of hydrogen-bond donors (Lipinski definition) is 0. The summed E-state index contributed by atoms with van der Waals surface area (Å²) < 4.78 is 13.3. The molecule has 4 nitrogen and oxygen atoms in total. The summed E-state index contributed by atoms with van der Waals surface area (Å²) in [6.45, 7) is 7.18. The first-order valence-electron chi connectivity index (χ1n) is 7.09. The summed E-state index contributed by atoms with van der Waals surface area (Å²) in [6.07, 6.45) is 6.88. The van der Waals surface area contributed by atoms with Gasteiger partial charge >= 0.3 is 0 Å². The van der Waals surface area contributed by atoms with Crippen LogP contribution in [0.4, 0.5) is 0 Å². The van der Waals surface area contributed by atoms with Crippen LogP contribution in [0.1, 0.15) is 36.3 Å². The molecule has 0 amide bonds. The van der Waals surface area contributed by atoms with Crippen molar-refractivity contribution in [1.29, 1.82) is 0 Å². The molecule has 1 unspecified atom stereocenters. The lowest BCUT2D eigenvalue weighted by atomic mass is 10.2. The van der Waals surface area contributed by atoms with Gasteiger partial charge in [-0.2, -0.15) is 0 Å². The van der Waals surface area contributed by atoms with Crippen LogP contribution >= 0.6 is 0 Å². The summed E-state index contributed by atoms with van der Waals surface area (Å²) in [5, 5.41) is 0. The summed E-state index contributed by atoms with van der Waals surface area (Å²) in [4.78, 5) is 8.97. The van der Waals surface area contributed by atoms with Gasteiger partial charge in [0.15, 0.2) is 0 Å². The Morgan fingerprint density at radius 2 is 1.95 bits per heavy atom. The molecule has 0 bridgehead atoms. The Labute approximate surface area is 123 Å². The second-order valence-corrected chi connectivity index (χ2v) is 6.91. The number of hydrogen-bond acceptors (Lipinski definition) is 3. The maximum absolute atomic E-state index is 11.0. The highest BCUT2D eigenvalue weighted by Gasteiger charge is 2.11. The first-order chi connectivity index (χ1) is 9.50. The summed E-state index contributed by atoms with van der Waals surface area (Å²) in [7, 11) is -0.667. The molecule has 2 heterocycles. The van der Waals surface area contributed by atoms with E-state index in [1.165, 1.54) is 11.1 Å². The van der Waals surface area contributed by atoms with E-state index in [4.69, 9.17) is 0 Å². The van der Waals surface area contributed by atoms with Gasteiger partial charge in [-0.1, -0.05) is 6.42 Å². The standard InChI is InChI=1S/C15H23N3OS/c1-11-12(2)16-10-14-15(11)18(13(3)17-14)8-6-5-7-9-20(4)19/h10H,5-9H2,1-4H3. The minimum absolute atomic E-state index is 0.667. The van der Waals surface area contributed by atoms with Crippen molar-refractivity contribution in [3.8, 4) is 0 Å². The molecule has 0 aromatic carbocycles. The number of unbranched alkanes of at least 4 members (excludes halogenated alkanes) is 2. The van der Waals surface area contributed by atoms with Crippen LogP contribution in [0.5, 0.6) is 0 Å². The van der Waals surface area contributed by atoms with E-state index < -0.39 is 10.8 Å². The first kappa shape index (κ1) is 15.2. The van der Waals surface area contributed by atoms with Crippen molar-refractivity contribution >= 4 is 21.8 Å². The minimum Gasteiger partial charge on any atom is -0.328 e. The Bertz CT molecular complexity index is 634. The van der Waals surface area contributed by atoms with Gasteiger partial charge < -0.3 is 4.57 Å². The van der Waals surface area contributed by atoms with Crippen molar-refractivity contribution in [2.45, 2.75) is 46.6 Å². The number of rotatable bonds is 6. The molecular formula is C15H23N3OS. The van der Waals surface area contributed by atoms with E-state index in [-0.39, 0.29) is 0 Å². The summed E-state index contributed by atoms with van der Waals surface area (Å²) in [5.74, 6) is 1.86. The Kier molecular flexibility index (Phi) is 4.91. The predicted octanol–water partition coefficient (Wildman–Crippen LogP) is 2.91. The molecule has 2 aromatic rings. The molecule has 0 saturated carbocycles. The van der Waals surface area contributed by atoms with Crippen molar-refractivity contribution in [2.75, 3.05) is 12.0 Å². The van der Waals surface area contributed by atoms with E-state index in [0.717, 1.165) is 48.6 Å². The van der Waals surface area contributed by atoms with Crippen molar-refractivity contribution < 1.29 is 4.21 Å². The molecule has 0 saturated heterocycles. The molecule has 0 spiro atoms. The molecule has 0 fully saturated rings. The summed E-state index contributed by atoms with van der Waals surface area (Å²) >= 11 is 0. The maximum Gasteiger partial charge on any atom is 0.107 e. The van der Waals surface area contributed by atoms with Crippen molar-refractivity contribution in [3.63, 3.8) is 0 Å². The van der Waals surface area contributed by atoms with Gasteiger partial charge in [0.05, 0.1) is 11.7 Å². The summed E-state index contributed by atoms with van der Waals surface area (Å²) in [5.41, 5.74) is 4.49. The molecule has 1 atom stereocenters. The van der Waals surface area contributed by atoms with E-state index >= 15 is 0 Å². The fourth-order valence-corrected chi connectivity index (χ4v) is 3.13. The van der Waals surface area contributed by atoms with Crippen LogP contribution in [0, 0.1) is 20.8 Å². The number of nitrogens with zero attached hydrogens (tertiary/aromatic N) is 3. The lowest BCUT2D eigenvalue weighted by Gasteiger charge is -2.09. The highest BCUT2D eigenvalue weighted by Crippen LogP contribution is 2.21. The average Bonchev–Trinajstić information content (AvgIpc) is 2.70. The van der Waals surface area contributed by atoms with E-state index in [1.807, 2.05) is 13.1 Å². The van der Waals surface area contributed by atoms with E-state index in [1.54, 1.807) is 6.26 Å². The summed E-state index contributed by atoms with van der Waals surface area (Å²) in [6, 6.07) is 0. The number of aryl methyl sites for hydroxylation is 4. The maximum atomic E-state index is 11.0. The third kappa shape index (κ3) is 3.26. The van der Waals surface area contributed by atoms with Gasteiger partial charge in [0.2, 0.25) is 0 Å². The quantitative estimate of drug-likeness (QED) is 0.769. The first-order valence-corrected chi connectivity index (χ1v) is 8.82. The molecule has 110 valence electrons. The van der Waals surface area contributed by atoms with Crippen LogP contribution in [-0.4, -0.2) is 30.8 Å². The van der Waals surface area contributed by atoms with Crippen LogP contribution in [-0.2, 0) is 17.3 Å². The highest BCUT2D eigenvalue weighted by atomic mass is 32.2. The molecule has 5 heteroatoms. The van der Waals surface area contributed by atoms with Gasteiger partial charge in [-0.15, -0.1) is 0 Å². The molecule has 20 heavy (non-hydrogen) atoms. The molecule has 0 N–H and O–H groups in total. The Morgan fingerprint density at radius 1 is 1.20 bits per heavy atom. The van der Waals surface area contributed by atoms with Gasteiger partial charge in [-0.05, 0) is 39.2 Å². The van der Waals surface area contributed by atoms with Crippen LogP contribution < -0.4 is 0 Å². The van der Waals surface area contributed by atoms with E-state index in [9.17, 15) is 4.21 Å². The Balaban J connectivity index is 2.11. The zero-order valence-electron chi connectivity index (χ0n) is 12.8. The smallest absolute Gasteiger partial charge is 0.107 e. The zero-order valence-corrected chi connectivity index (χ0v) is 13.6. The number of imidazole rings is 1. The van der Waals surface area contributed by atoms with Crippen LogP contribution in [0.3, 0.4) is 0 Å². The van der Waals surface area contributed by atoms with Gasteiger partial charge in [0, 0.05) is 35.0 Å². The molecule has 0 aliphatic carbocycles. The fourth-order valence-electron chi connectivity index (χ4n) is 2.52. The zero-order chi connectivity index (χ0) is 14.7. The van der Waals surface area contributed by atoms with Crippen LogP contribution in [0.25, 0.3) is 11.0 Å². The molecule has 2 aromatic heterocycles. The van der Waals surface area contributed by atoms with E-state index in [0.29, 0.717) is 0 Å². The Hall–Kier alpha value is -1.23. The number of aromatic nitrogens is 3. The number of pyridine rings is 1. The van der Waals surface area contributed by atoms with Gasteiger partial charge in [-0.3, -0.25) is 9.19 Å². The van der Waals surface area contributed by atoms with Crippen molar-refractivity contribution in [3.05, 3.63) is 23.3 Å². The molecule has 0 aliphatic rings. The molecular weight excluding hydrogens is 270 g/mol. The van der Waals surface area contributed by atoms with Gasteiger partial charge in [0.25, 0.3) is 0 Å². The second kappa shape index (κ2) is 6.48. The Morgan fingerprint density at radius 3 is 2.65 bits per heavy atom. The monoisotopic (exact) mass is 293 g/mol. The lowest BCUT2D eigenvalue weighted by molar-refractivity contribution is 0.600. The molecule has 0 aliphatic heterocycles. The third-order valence-corrected chi connectivity index (χ3v) is 4.64. The predicted molar refractivity (Wildman–Crippen MR) is 84.5 cm³/mol. The number of fused-ring (bicyclic) bond motifs is 1. The highest BCUT2D eigenvalue weighted by molar-refractivity contribution is 7.84. The molecule has 2 rings (SSSR count). The van der Waals surface area contributed by atoms with Crippen molar-refractivity contribution in [2.24, 2.45) is 0 Å². The largest absolute Gasteiger partial charge is 0.328 e. The van der Waals surface area contributed by atoms with Gasteiger partial charge in [0.1, 0.15) is 11.3 Å².